The first-order valence-corrected chi connectivity index (χ1v) is 8.27. The Morgan fingerprint density at radius 1 is 0.893 bits per heavy atom. The van der Waals surface area contributed by atoms with Crippen LogP contribution in [0.4, 0.5) is 0 Å². The van der Waals surface area contributed by atoms with E-state index >= 15 is 0 Å². The zero-order valence-electron chi connectivity index (χ0n) is 15.5. The van der Waals surface area contributed by atoms with Gasteiger partial charge in [0.2, 0.25) is 0 Å². The first-order valence-electron chi connectivity index (χ1n) is 8.27. The predicted octanol–water partition coefficient (Wildman–Crippen LogP) is 3.11. The molecule has 0 atom stereocenters. The molecule has 0 fully saturated rings. The van der Waals surface area contributed by atoms with Crippen LogP contribution in [-0.2, 0) is 19.1 Å². The molecule has 144 valence electrons. The monoisotopic (exact) mass is 382 g/mol. The summed E-state index contributed by atoms with van der Waals surface area (Å²) in [4.78, 5) is 24.8. The van der Waals surface area contributed by atoms with Crippen molar-refractivity contribution in [3.05, 3.63) is 71.2 Å². The van der Waals surface area contributed by atoms with Gasteiger partial charge in [0, 0.05) is 0 Å². The molecule has 7 heteroatoms. The summed E-state index contributed by atoms with van der Waals surface area (Å²) >= 11 is 0. The van der Waals surface area contributed by atoms with Gasteiger partial charge in [0.15, 0.2) is 11.5 Å². The molecule has 7 nitrogen and oxygen atoms in total. The average molecular weight is 382 g/mol. The van der Waals surface area contributed by atoms with Crippen LogP contribution in [0.5, 0.6) is 11.5 Å². The van der Waals surface area contributed by atoms with Gasteiger partial charge in [-0.15, -0.1) is 0 Å². The molecular formula is C21H18O7. The zero-order chi connectivity index (χ0) is 20.3. The number of rotatable bonds is 5. The third-order valence-corrected chi connectivity index (χ3v) is 4.22. The molecule has 2 aromatic carbocycles. The Labute approximate surface area is 161 Å². The molecule has 0 bridgehead atoms. The van der Waals surface area contributed by atoms with Crippen LogP contribution in [0.1, 0.15) is 11.1 Å². The normalized spacial score (nSPS) is 15.2. The average Bonchev–Trinajstić information content (AvgIpc) is 3.02. The highest BCUT2D eigenvalue weighted by Gasteiger charge is 2.36. The molecule has 0 saturated carbocycles. The van der Waals surface area contributed by atoms with E-state index in [1.807, 2.05) is 0 Å². The number of benzene rings is 2. The summed E-state index contributed by atoms with van der Waals surface area (Å²) < 4.78 is 20.3. The van der Waals surface area contributed by atoms with Gasteiger partial charge in [-0.2, -0.15) is 0 Å². The van der Waals surface area contributed by atoms with Gasteiger partial charge in [0.25, 0.3) is 0 Å². The Balaban J connectivity index is 2.15. The van der Waals surface area contributed by atoms with Gasteiger partial charge >= 0.3 is 11.9 Å². The summed E-state index contributed by atoms with van der Waals surface area (Å²) in [7, 11) is 4.24. The summed E-state index contributed by atoms with van der Waals surface area (Å²) in [6, 6.07) is 13.0. The van der Waals surface area contributed by atoms with Gasteiger partial charge in [-0.1, -0.05) is 24.3 Å². The molecule has 0 aliphatic carbocycles. The van der Waals surface area contributed by atoms with Crippen molar-refractivity contribution in [3.63, 3.8) is 0 Å². The van der Waals surface area contributed by atoms with Gasteiger partial charge in [0.05, 0.1) is 21.3 Å². The molecule has 0 saturated heterocycles. The summed E-state index contributed by atoms with van der Waals surface area (Å²) in [6.45, 7) is 0. The molecule has 1 aliphatic rings. The fourth-order valence-electron chi connectivity index (χ4n) is 2.79. The number of carbonyl (C=O) groups excluding carboxylic acids is 2. The van der Waals surface area contributed by atoms with Crippen LogP contribution in [0.3, 0.4) is 0 Å². The minimum atomic E-state index is -0.771. The van der Waals surface area contributed by atoms with E-state index in [4.69, 9.17) is 18.9 Å². The van der Waals surface area contributed by atoms with E-state index in [1.165, 1.54) is 21.3 Å². The van der Waals surface area contributed by atoms with Crippen molar-refractivity contribution in [3.8, 4) is 11.5 Å². The molecular weight excluding hydrogens is 364 g/mol. The Morgan fingerprint density at radius 2 is 1.43 bits per heavy atom. The highest BCUT2D eigenvalue weighted by molar-refractivity contribution is 6.25. The largest absolute Gasteiger partial charge is 0.504 e. The van der Waals surface area contributed by atoms with Crippen LogP contribution in [0, 0.1) is 0 Å². The number of cyclic esters (lactones) is 1. The van der Waals surface area contributed by atoms with Crippen molar-refractivity contribution in [1.82, 2.24) is 0 Å². The highest BCUT2D eigenvalue weighted by atomic mass is 16.6. The second-order valence-corrected chi connectivity index (χ2v) is 5.77. The Bertz CT molecular complexity index is 967. The second kappa shape index (κ2) is 7.87. The number of aliphatic hydroxyl groups is 1. The maximum absolute atomic E-state index is 12.4. The first-order chi connectivity index (χ1) is 13.5. The first kappa shape index (κ1) is 19.0. The SMILES string of the molecule is COC(=O)C(=C1OC(=O)C(c2ccc(OC)cc2)=C1O)c1ccc(OC)cc1. The molecule has 2 aromatic rings. The summed E-state index contributed by atoms with van der Waals surface area (Å²) in [6.07, 6.45) is 0. The minimum Gasteiger partial charge on any atom is -0.504 e. The van der Waals surface area contributed by atoms with Crippen LogP contribution in [0.2, 0.25) is 0 Å². The molecule has 1 N–H and O–H groups in total. The van der Waals surface area contributed by atoms with E-state index in [-0.39, 0.29) is 16.9 Å². The van der Waals surface area contributed by atoms with Crippen molar-refractivity contribution in [2.45, 2.75) is 0 Å². The molecule has 0 aromatic heterocycles. The Morgan fingerprint density at radius 3 is 1.93 bits per heavy atom. The standard InChI is InChI=1S/C21H18O7/c1-25-14-8-4-12(5-9-14)16-18(22)19(28-21(16)24)17(20(23)27-3)13-6-10-15(26-2)11-7-13/h4-11,22H,1-3H3. The molecule has 0 spiro atoms. The van der Waals surface area contributed by atoms with E-state index in [0.29, 0.717) is 22.6 Å². The quantitative estimate of drug-likeness (QED) is 0.627. The number of esters is 2. The van der Waals surface area contributed by atoms with Crippen LogP contribution < -0.4 is 9.47 Å². The smallest absolute Gasteiger partial charge is 0.348 e. The van der Waals surface area contributed by atoms with Crippen molar-refractivity contribution in [2.75, 3.05) is 21.3 Å². The maximum atomic E-state index is 12.4. The fourth-order valence-corrected chi connectivity index (χ4v) is 2.79. The Hall–Kier alpha value is -3.74. The van der Waals surface area contributed by atoms with Crippen molar-refractivity contribution >= 4 is 23.1 Å². The minimum absolute atomic E-state index is 0.0485. The van der Waals surface area contributed by atoms with Gasteiger partial charge in [0.1, 0.15) is 22.6 Å². The van der Waals surface area contributed by atoms with E-state index < -0.39 is 17.7 Å². The molecule has 0 amide bonds. The van der Waals surface area contributed by atoms with Crippen LogP contribution in [-0.4, -0.2) is 38.4 Å². The number of aliphatic hydroxyl groups excluding tert-OH is 1. The molecule has 3 rings (SSSR count). The molecule has 28 heavy (non-hydrogen) atoms. The van der Waals surface area contributed by atoms with Crippen LogP contribution in [0.15, 0.2) is 60.0 Å². The van der Waals surface area contributed by atoms with E-state index in [9.17, 15) is 14.7 Å². The highest BCUT2D eigenvalue weighted by Crippen LogP contribution is 2.37. The fraction of sp³-hybridized carbons (Fsp3) is 0.143. The third kappa shape index (κ3) is 3.42. The maximum Gasteiger partial charge on any atom is 0.348 e. The van der Waals surface area contributed by atoms with E-state index in [0.717, 1.165) is 0 Å². The summed E-state index contributed by atoms with van der Waals surface area (Å²) in [5, 5.41) is 10.7. The number of ether oxygens (including phenoxy) is 4. The summed E-state index contributed by atoms with van der Waals surface area (Å²) in [5.74, 6) is -1.04. The summed E-state index contributed by atoms with van der Waals surface area (Å²) in [5.41, 5.74) is 0.710. The number of carbonyl (C=O) groups is 2. The third-order valence-electron chi connectivity index (χ3n) is 4.22. The molecule has 0 radical (unpaired) electrons. The number of hydrogen-bond donors (Lipinski definition) is 1. The van der Waals surface area contributed by atoms with E-state index in [2.05, 4.69) is 0 Å². The van der Waals surface area contributed by atoms with Gasteiger partial charge in [-0.05, 0) is 35.4 Å². The predicted molar refractivity (Wildman–Crippen MR) is 101 cm³/mol. The number of methoxy groups -OCH3 is 3. The van der Waals surface area contributed by atoms with Gasteiger partial charge in [-0.3, -0.25) is 0 Å². The lowest BCUT2D eigenvalue weighted by atomic mass is 10.0. The second-order valence-electron chi connectivity index (χ2n) is 5.77. The zero-order valence-corrected chi connectivity index (χ0v) is 15.5. The van der Waals surface area contributed by atoms with E-state index in [1.54, 1.807) is 48.5 Å². The lowest BCUT2D eigenvalue weighted by Crippen LogP contribution is -2.09. The lowest BCUT2D eigenvalue weighted by Gasteiger charge is -2.10. The Kier molecular flexibility index (Phi) is 5.35. The molecule has 1 aliphatic heterocycles. The van der Waals surface area contributed by atoms with Crippen molar-refractivity contribution < 1.29 is 33.6 Å². The van der Waals surface area contributed by atoms with Gasteiger partial charge < -0.3 is 24.1 Å². The number of hydrogen-bond acceptors (Lipinski definition) is 7. The molecule has 0 unspecified atom stereocenters. The van der Waals surface area contributed by atoms with Gasteiger partial charge in [-0.25, -0.2) is 9.59 Å². The van der Waals surface area contributed by atoms with Crippen molar-refractivity contribution in [1.29, 1.82) is 0 Å². The van der Waals surface area contributed by atoms with Crippen molar-refractivity contribution in [2.24, 2.45) is 0 Å². The van der Waals surface area contributed by atoms with Crippen LogP contribution in [0.25, 0.3) is 11.1 Å². The lowest BCUT2D eigenvalue weighted by molar-refractivity contribution is -0.134. The van der Waals surface area contributed by atoms with Crippen LogP contribution >= 0.6 is 0 Å². The molecule has 1 heterocycles. The topological polar surface area (TPSA) is 91.3 Å².